The van der Waals surface area contributed by atoms with E-state index in [-0.39, 0.29) is 31.1 Å². The van der Waals surface area contributed by atoms with Crippen LogP contribution in [0.2, 0.25) is 0 Å². The topological polar surface area (TPSA) is 158 Å². The van der Waals surface area contributed by atoms with Crippen molar-refractivity contribution in [1.29, 1.82) is 0 Å². The van der Waals surface area contributed by atoms with E-state index in [2.05, 4.69) is 15.4 Å². The van der Waals surface area contributed by atoms with Gasteiger partial charge in [0.05, 0.1) is 13.2 Å². The van der Waals surface area contributed by atoms with Crippen LogP contribution < -0.4 is 19.7 Å². The number of benzene rings is 1. The number of aliphatic hydroxyl groups is 2. The first kappa shape index (κ1) is 18.6. The van der Waals surface area contributed by atoms with Gasteiger partial charge in [-0.25, -0.2) is 4.79 Å². The number of rotatable bonds is 6. The van der Waals surface area contributed by atoms with E-state index in [4.69, 9.17) is 5.11 Å². The van der Waals surface area contributed by atoms with Crippen molar-refractivity contribution in [2.45, 2.75) is 12.6 Å². The Bertz CT molecular complexity index is 588. The van der Waals surface area contributed by atoms with Crippen LogP contribution in [0, 0.1) is 0 Å². The van der Waals surface area contributed by atoms with Crippen LogP contribution >= 0.6 is 11.0 Å². The average molecular weight is 362 g/mol. The highest BCUT2D eigenvalue weighted by atomic mass is 32.3. The molecule has 1 aromatic rings. The number of aromatic hydroxyl groups is 1. The van der Waals surface area contributed by atoms with E-state index in [1.54, 1.807) is 6.07 Å². The number of carbonyl (C=O) groups excluding carboxylic acids is 1. The molecule has 1 fully saturated rings. The quantitative estimate of drug-likeness (QED) is 0.337. The Morgan fingerprint density at radius 3 is 2.62 bits per heavy atom. The van der Waals surface area contributed by atoms with Gasteiger partial charge in [0, 0.05) is 13.1 Å². The van der Waals surface area contributed by atoms with E-state index in [1.165, 1.54) is 12.1 Å². The maximum Gasteiger partial charge on any atom is 0.314 e. The zero-order valence-corrected chi connectivity index (χ0v) is 13.7. The molecule has 1 aromatic carbocycles. The van der Waals surface area contributed by atoms with E-state index >= 15 is 0 Å². The van der Waals surface area contributed by atoms with E-state index in [9.17, 15) is 24.1 Å². The molecule has 0 bridgehead atoms. The first-order chi connectivity index (χ1) is 11.3. The Kier molecular flexibility index (Phi) is 6.10. The van der Waals surface area contributed by atoms with Crippen molar-refractivity contribution in [3.05, 3.63) is 23.8 Å². The largest absolute Gasteiger partial charge is 0.506 e. The van der Waals surface area contributed by atoms with Crippen LogP contribution in [-0.2, 0) is 6.42 Å². The number of phenolic OH excluding ortho intramolecular Hbond substituents is 1. The standard InChI is InChI=1S/C13H22N4O6S/c18-6-5-15-13(21)14-4-3-9-1-2-10(11(19)7-9)17-8-12(20)16-24(17,22)23/h1-2,7,12,16,18-20,22-23H,3-6,8H2,(H2,14,15,21). The maximum atomic E-state index is 11.3. The van der Waals surface area contributed by atoms with Crippen molar-refractivity contribution in [2.75, 3.05) is 30.5 Å². The molecule has 0 aliphatic carbocycles. The molecule has 10 nitrogen and oxygen atoms in total. The molecule has 1 atom stereocenters. The van der Waals surface area contributed by atoms with Crippen LogP contribution in [-0.4, -0.2) is 62.9 Å². The fourth-order valence-electron chi connectivity index (χ4n) is 2.27. The number of aliphatic hydroxyl groups excluding tert-OH is 2. The van der Waals surface area contributed by atoms with E-state index in [1.807, 2.05) is 0 Å². The molecule has 24 heavy (non-hydrogen) atoms. The lowest BCUT2D eigenvalue weighted by molar-refractivity contribution is 0.182. The number of hydrogen-bond acceptors (Lipinski definition) is 8. The van der Waals surface area contributed by atoms with Crippen molar-refractivity contribution < 1.29 is 29.2 Å². The molecule has 0 aromatic heterocycles. The number of urea groups is 1. The average Bonchev–Trinajstić information content (AvgIpc) is 2.78. The van der Waals surface area contributed by atoms with Crippen LogP contribution in [0.1, 0.15) is 5.56 Å². The fourth-order valence-corrected chi connectivity index (χ4v) is 3.61. The summed E-state index contributed by atoms with van der Waals surface area (Å²) in [6, 6.07) is 4.27. The van der Waals surface area contributed by atoms with Crippen molar-refractivity contribution in [2.24, 2.45) is 0 Å². The Hall–Kier alpha value is -1.76. The summed E-state index contributed by atoms with van der Waals surface area (Å²) >= 11 is 0. The van der Waals surface area contributed by atoms with E-state index < -0.39 is 23.2 Å². The summed E-state index contributed by atoms with van der Waals surface area (Å²) in [4.78, 5) is 11.3. The van der Waals surface area contributed by atoms with Crippen molar-refractivity contribution in [3.63, 3.8) is 0 Å². The van der Waals surface area contributed by atoms with Crippen LogP contribution in [0.25, 0.3) is 0 Å². The number of hydrogen-bond donors (Lipinski definition) is 8. The third-order valence-corrected chi connectivity index (χ3v) is 4.89. The third-order valence-electron chi connectivity index (χ3n) is 3.35. The molecular weight excluding hydrogens is 340 g/mol. The summed E-state index contributed by atoms with van der Waals surface area (Å²) in [5.41, 5.74) is 0.930. The SMILES string of the molecule is O=C(NCCO)NCCc1ccc(N2CC(O)NS2(O)O)c(O)c1. The molecule has 1 aliphatic heterocycles. The molecule has 2 amide bonds. The molecule has 8 N–H and O–H groups in total. The van der Waals surface area contributed by atoms with Gasteiger partial charge in [-0.2, -0.15) is 4.72 Å². The minimum Gasteiger partial charge on any atom is -0.506 e. The van der Waals surface area contributed by atoms with Crippen molar-refractivity contribution >= 4 is 22.7 Å². The lowest BCUT2D eigenvalue weighted by atomic mass is 10.1. The van der Waals surface area contributed by atoms with Gasteiger partial charge < -0.3 is 26.0 Å². The number of carbonyl (C=O) groups is 1. The van der Waals surface area contributed by atoms with Gasteiger partial charge in [0.25, 0.3) is 0 Å². The fraction of sp³-hybridized carbons (Fsp3) is 0.462. The Morgan fingerprint density at radius 1 is 1.33 bits per heavy atom. The van der Waals surface area contributed by atoms with Gasteiger partial charge in [-0.3, -0.25) is 13.4 Å². The molecule has 1 unspecified atom stereocenters. The van der Waals surface area contributed by atoms with Gasteiger partial charge in [-0.1, -0.05) is 17.0 Å². The number of phenols is 1. The zero-order valence-electron chi connectivity index (χ0n) is 12.8. The minimum atomic E-state index is -3.37. The summed E-state index contributed by atoms with van der Waals surface area (Å²) in [5.74, 6) is -0.159. The van der Waals surface area contributed by atoms with Crippen LogP contribution in [0.5, 0.6) is 5.75 Å². The summed E-state index contributed by atoms with van der Waals surface area (Å²) in [7, 11) is -3.37. The van der Waals surface area contributed by atoms with Gasteiger partial charge in [-0.05, 0) is 24.1 Å². The van der Waals surface area contributed by atoms with Crippen molar-refractivity contribution in [3.8, 4) is 5.75 Å². The second kappa shape index (κ2) is 7.88. The summed E-state index contributed by atoms with van der Waals surface area (Å²) in [6.07, 6.45) is -0.645. The molecule has 0 saturated carbocycles. The number of nitrogens with zero attached hydrogens (tertiary/aromatic N) is 1. The summed E-state index contributed by atoms with van der Waals surface area (Å²) in [5, 5.41) is 33.2. The Morgan fingerprint density at radius 2 is 2.04 bits per heavy atom. The summed E-state index contributed by atoms with van der Waals surface area (Å²) in [6.45, 7) is 0.294. The van der Waals surface area contributed by atoms with Gasteiger partial charge in [-0.15, -0.1) is 0 Å². The van der Waals surface area contributed by atoms with E-state index in [0.717, 1.165) is 9.87 Å². The molecule has 1 saturated heterocycles. The van der Waals surface area contributed by atoms with Crippen LogP contribution in [0.3, 0.4) is 0 Å². The summed E-state index contributed by atoms with van der Waals surface area (Å²) < 4.78 is 23.1. The van der Waals surface area contributed by atoms with Crippen LogP contribution in [0.15, 0.2) is 18.2 Å². The lowest BCUT2D eigenvalue weighted by Crippen LogP contribution is -2.37. The van der Waals surface area contributed by atoms with Gasteiger partial charge in [0.1, 0.15) is 17.7 Å². The minimum absolute atomic E-state index is 0.0676. The molecule has 1 heterocycles. The first-order valence-corrected chi connectivity index (χ1v) is 8.79. The van der Waals surface area contributed by atoms with Crippen molar-refractivity contribution in [1.82, 2.24) is 15.4 Å². The lowest BCUT2D eigenvalue weighted by Gasteiger charge is -2.36. The molecule has 1 aliphatic rings. The molecule has 0 spiro atoms. The number of anilines is 1. The smallest absolute Gasteiger partial charge is 0.314 e. The number of amides is 2. The predicted octanol–water partition coefficient (Wildman–Crippen LogP) is -0.465. The first-order valence-electron chi connectivity index (χ1n) is 7.29. The number of nitrogens with one attached hydrogen (secondary N) is 3. The monoisotopic (exact) mass is 362 g/mol. The molecule has 136 valence electrons. The second-order valence-electron chi connectivity index (χ2n) is 5.19. The normalized spacial score (nSPS) is 20.7. The molecule has 11 heteroatoms. The Labute approximate surface area is 140 Å². The Balaban J connectivity index is 1.94. The second-order valence-corrected chi connectivity index (χ2v) is 6.91. The maximum absolute atomic E-state index is 11.3. The zero-order chi connectivity index (χ0) is 17.7. The molecule has 0 radical (unpaired) electrons. The number of β-amino-alcohol motifs (C(OH)–C–C–N with tert-alkyl or cyclic N) is 1. The highest BCUT2D eigenvalue weighted by Crippen LogP contribution is 2.49. The highest BCUT2D eigenvalue weighted by molar-refractivity contribution is 8.24. The van der Waals surface area contributed by atoms with Gasteiger partial charge >= 0.3 is 6.03 Å². The molecule has 2 rings (SSSR count). The third kappa shape index (κ3) is 4.63. The van der Waals surface area contributed by atoms with Crippen LogP contribution in [0.4, 0.5) is 10.5 Å². The highest BCUT2D eigenvalue weighted by Gasteiger charge is 2.36. The molecular formula is C13H22N4O6S. The van der Waals surface area contributed by atoms with E-state index in [0.29, 0.717) is 13.0 Å². The van der Waals surface area contributed by atoms with Gasteiger partial charge in [0.2, 0.25) is 0 Å². The predicted molar refractivity (Wildman–Crippen MR) is 89.6 cm³/mol. The van der Waals surface area contributed by atoms with Gasteiger partial charge in [0.15, 0.2) is 0 Å².